The predicted molar refractivity (Wildman–Crippen MR) is 74.5 cm³/mol. The number of cyclic esters (lactones) is 1. The number of carbonyl (C=O) groups excluding carboxylic acids is 2. The molecule has 2 atom stereocenters. The van der Waals surface area contributed by atoms with Gasteiger partial charge < -0.3 is 4.74 Å². The van der Waals surface area contributed by atoms with Crippen molar-refractivity contribution in [1.82, 2.24) is 4.90 Å². The van der Waals surface area contributed by atoms with E-state index < -0.39 is 29.7 Å². The molecule has 0 radical (unpaired) electrons. The monoisotopic (exact) mass is 293 g/mol. The van der Waals surface area contributed by atoms with Crippen LogP contribution in [-0.2, 0) is 20.8 Å². The second kappa shape index (κ2) is 5.83. The van der Waals surface area contributed by atoms with Gasteiger partial charge in [-0.1, -0.05) is 30.3 Å². The molecule has 1 fully saturated rings. The number of ether oxygens (including phenoxy) is 1. The van der Waals surface area contributed by atoms with Crippen molar-refractivity contribution in [3.63, 3.8) is 0 Å². The molecule has 1 saturated heterocycles. The van der Waals surface area contributed by atoms with Gasteiger partial charge in [0, 0.05) is 0 Å². The molecule has 0 aromatic heterocycles. The minimum Gasteiger partial charge on any atom is -0.441 e. The molecule has 0 unspecified atom stereocenters. The maximum Gasteiger partial charge on any atom is 0.417 e. The van der Waals surface area contributed by atoms with Gasteiger partial charge in [-0.3, -0.25) is 10.1 Å². The lowest BCUT2D eigenvalue weighted by molar-refractivity contribution is -0.269. The van der Waals surface area contributed by atoms with Crippen molar-refractivity contribution in [3.05, 3.63) is 35.9 Å². The quantitative estimate of drug-likeness (QED) is 0.680. The Morgan fingerprint density at radius 3 is 2.62 bits per heavy atom. The Labute approximate surface area is 123 Å². The highest BCUT2D eigenvalue weighted by molar-refractivity contribution is 5.96. The first-order valence-corrected chi connectivity index (χ1v) is 6.77. The smallest absolute Gasteiger partial charge is 0.417 e. The molecule has 1 aromatic rings. The van der Waals surface area contributed by atoms with Gasteiger partial charge in [0.05, 0.1) is 6.04 Å². The van der Waals surface area contributed by atoms with Crippen LogP contribution < -0.4 is 0 Å². The summed E-state index contributed by atoms with van der Waals surface area (Å²) in [6.07, 6.45) is -1.36. The number of rotatable bonds is 4. The van der Waals surface area contributed by atoms with E-state index in [0.717, 1.165) is 10.5 Å². The standard InChI is InChI=1S/C15H19NO5/c1-10(21-19)13(17)16-12(15(2,3)20-14(16)18)9-11-7-5-4-6-8-11/h4-8,10,12,19H,9H2,1-3H3/t10-,12-/m0/s1. The van der Waals surface area contributed by atoms with Gasteiger partial charge in [0.25, 0.3) is 5.91 Å². The van der Waals surface area contributed by atoms with Gasteiger partial charge in [-0.15, -0.1) is 0 Å². The summed E-state index contributed by atoms with van der Waals surface area (Å²) in [5.74, 6) is -0.617. The van der Waals surface area contributed by atoms with Crippen LogP contribution in [0.15, 0.2) is 30.3 Å². The van der Waals surface area contributed by atoms with Gasteiger partial charge >= 0.3 is 6.09 Å². The first-order chi connectivity index (χ1) is 9.86. The van der Waals surface area contributed by atoms with Crippen LogP contribution in [0, 0.1) is 0 Å². The Kier molecular flexibility index (Phi) is 4.29. The molecule has 6 nitrogen and oxygen atoms in total. The molecule has 1 N–H and O–H groups in total. The summed E-state index contributed by atoms with van der Waals surface area (Å²) in [7, 11) is 0. The van der Waals surface area contributed by atoms with Crippen LogP contribution in [-0.4, -0.2) is 39.9 Å². The fraction of sp³-hybridized carbons (Fsp3) is 0.467. The van der Waals surface area contributed by atoms with Crippen LogP contribution in [0.2, 0.25) is 0 Å². The Balaban J connectivity index is 2.28. The van der Waals surface area contributed by atoms with E-state index in [2.05, 4.69) is 4.89 Å². The number of nitrogens with zero attached hydrogens (tertiary/aromatic N) is 1. The second-order valence-electron chi connectivity index (χ2n) is 5.63. The number of hydrogen-bond donors (Lipinski definition) is 1. The van der Waals surface area contributed by atoms with E-state index in [1.54, 1.807) is 13.8 Å². The molecular weight excluding hydrogens is 274 g/mol. The summed E-state index contributed by atoms with van der Waals surface area (Å²) in [5.41, 5.74) is 0.182. The third-order valence-corrected chi connectivity index (χ3v) is 3.68. The maximum atomic E-state index is 12.2. The third kappa shape index (κ3) is 3.06. The van der Waals surface area contributed by atoms with Crippen LogP contribution in [0.1, 0.15) is 26.3 Å². The van der Waals surface area contributed by atoms with E-state index in [0.29, 0.717) is 6.42 Å². The van der Waals surface area contributed by atoms with E-state index in [1.165, 1.54) is 6.92 Å². The molecule has 0 bridgehead atoms. The molecule has 6 heteroatoms. The SMILES string of the molecule is C[C@H](OO)C(=O)N1C(=O)OC(C)(C)[C@@H]1Cc1ccccc1. The van der Waals surface area contributed by atoms with Crippen LogP contribution in [0.25, 0.3) is 0 Å². The molecule has 0 aliphatic carbocycles. The minimum atomic E-state index is -1.12. The normalized spacial score (nSPS) is 22.0. The first kappa shape index (κ1) is 15.5. The highest BCUT2D eigenvalue weighted by atomic mass is 17.1. The average Bonchev–Trinajstić information content (AvgIpc) is 2.67. The van der Waals surface area contributed by atoms with E-state index in [9.17, 15) is 9.59 Å². The number of benzene rings is 1. The van der Waals surface area contributed by atoms with E-state index in [-0.39, 0.29) is 0 Å². The Morgan fingerprint density at radius 1 is 1.43 bits per heavy atom. The summed E-state index contributed by atoms with van der Waals surface area (Å²) in [4.78, 5) is 29.3. The van der Waals surface area contributed by atoms with Crippen molar-refractivity contribution in [2.24, 2.45) is 0 Å². The molecule has 21 heavy (non-hydrogen) atoms. The molecule has 114 valence electrons. The highest BCUT2D eigenvalue weighted by Gasteiger charge is 2.51. The van der Waals surface area contributed by atoms with Crippen molar-refractivity contribution >= 4 is 12.0 Å². The van der Waals surface area contributed by atoms with Crippen LogP contribution in [0.4, 0.5) is 4.79 Å². The Hall–Kier alpha value is -1.92. The van der Waals surface area contributed by atoms with Crippen molar-refractivity contribution < 1.29 is 24.5 Å². The molecule has 2 amide bonds. The highest BCUT2D eigenvalue weighted by Crippen LogP contribution is 2.32. The number of carbonyl (C=O) groups is 2. The molecule has 1 heterocycles. The van der Waals surface area contributed by atoms with Gasteiger partial charge in [0.15, 0.2) is 6.10 Å². The molecule has 1 aliphatic heterocycles. The van der Waals surface area contributed by atoms with Crippen molar-refractivity contribution in [3.8, 4) is 0 Å². The minimum absolute atomic E-state index is 0.461. The first-order valence-electron chi connectivity index (χ1n) is 6.77. The van der Waals surface area contributed by atoms with Gasteiger partial charge in [-0.2, -0.15) is 0 Å². The maximum absolute atomic E-state index is 12.2. The summed E-state index contributed by atoms with van der Waals surface area (Å²) in [6.45, 7) is 4.90. The Morgan fingerprint density at radius 2 is 2.05 bits per heavy atom. The fourth-order valence-corrected chi connectivity index (χ4v) is 2.44. The van der Waals surface area contributed by atoms with Gasteiger partial charge in [-0.25, -0.2) is 14.6 Å². The van der Waals surface area contributed by atoms with Gasteiger partial charge in [0.2, 0.25) is 0 Å². The third-order valence-electron chi connectivity index (χ3n) is 3.68. The second-order valence-corrected chi connectivity index (χ2v) is 5.63. The zero-order valence-corrected chi connectivity index (χ0v) is 12.3. The number of amides is 2. The summed E-state index contributed by atoms with van der Waals surface area (Å²) in [6, 6.07) is 9.07. The molecular formula is C15H19NO5. The fourth-order valence-electron chi connectivity index (χ4n) is 2.44. The topological polar surface area (TPSA) is 76.1 Å². The lowest BCUT2D eigenvalue weighted by Crippen LogP contribution is -2.49. The van der Waals surface area contributed by atoms with Crippen molar-refractivity contribution in [1.29, 1.82) is 0 Å². The molecule has 2 rings (SSSR count). The average molecular weight is 293 g/mol. The van der Waals surface area contributed by atoms with E-state index >= 15 is 0 Å². The van der Waals surface area contributed by atoms with Crippen LogP contribution >= 0.6 is 0 Å². The lowest BCUT2D eigenvalue weighted by Gasteiger charge is -2.28. The Bertz CT molecular complexity index is 528. The molecule has 0 saturated carbocycles. The zero-order chi connectivity index (χ0) is 15.6. The predicted octanol–water partition coefficient (Wildman–Crippen LogP) is 2.23. The number of hydrogen-bond acceptors (Lipinski definition) is 5. The zero-order valence-electron chi connectivity index (χ0n) is 12.3. The number of imide groups is 1. The van der Waals surface area contributed by atoms with Crippen molar-refractivity contribution in [2.45, 2.75) is 44.9 Å². The molecule has 1 aromatic carbocycles. The van der Waals surface area contributed by atoms with E-state index in [1.807, 2.05) is 30.3 Å². The molecule has 0 spiro atoms. The van der Waals surface area contributed by atoms with Crippen LogP contribution in [0.5, 0.6) is 0 Å². The van der Waals surface area contributed by atoms with Gasteiger partial charge in [-0.05, 0) is 32.8 Å². The van der Waals surface area contributed by atoms with Crippen molar-refractivity contribution in [2.75, 3.05) is 0 Å². The summed E-state index contributed by atoms with van der Waals surface area (Å²) in [5, 5.41) is 8.66. The van der Waals surface area contributed by atoms with Gasteiger partial charge in [0.1, 0.15) is 5.60 Å². The van der Waals surface area contributed by atoms with Crippen LogP contribution in [0.3, 0.4) is 0 Å². The van der Waals surface area contributed by atoms with E-state index in [4.69, 9.17) is 9.99 Å². The lowest BCUT2D eigenvalue weighted by atomic mass is 9.92. The summed E-state index contributed by atoms with van der Waals surface area (Å²) >= 11 is 0. The summed E-state index contributed by atoms with van der Waals surface area (Å²) < 4.78 is 5.29. The largest absolute Gasteiger partial charge is 0.441 e. The molecule has 1 aliphatic rings.